The molecule has 7 heteroatoms. The van der Waals surface area contributed by atoms with Crippen molar-refractivity contribution in [3.8, 4) is 5.75 Å². The van der Waals surface area contributed by atoms with E-state index in [1.165, 1.54) is 44.1 Å². The molecule has 0 aromatic heterocycles. The van der Waals surface area contributed by atoms with E-state index < -0.39 is 63.1 Å². The third-order valence-electron chi connectivity index (χ3n) is 13.5. The molecule has 6 atom stereocenters. The molecule has 0 bridgehead atoms. The first-order chi connectivity index (χ1) is 23.4. The monoisotopic (exact) mass is 684 g/mol. The minimum absolute atomic E-state index is 0.00757. The van der Waals surface area contributed by atoms with Crippen molar-refractivity contribution in [3.05, 3.63) is 46.0 Å². The van der Waals surface area contributed by atoms with Crippen LogP contribution in [0.25, 0.3) is 5.57 Å². The second-order valence-corrected chi connectivity index (χ2v) is 17.8. The molecule has 0 saturated heterocycles. The van der Waals surface area contributed by atoms with Crippen LogP contribution in [0, 0.1) is 46.3 Å². The molecule has 5 aliphatic carbocycles. The molecule has 0 aliphatic heterocycles. The maximum absolute atomic E-state index is 14.8. The lowest BCUT2D eigenvalue weighted by Crippen LogP contribution is -2.76. The van der Waals surface area contributed by atoms with E-state index in [0.717, 1.165) is 30.4 Å². The molecule has 270 valence electrons. The first kappa shape index (κ1) is 36.6. The van der Waals surface area contributed by atoms with Gasteiger partial charge in [0.15, 0.2) is 28.7 Å². The van der Waals surface area contributed by atoms with Crippen molar-refractivity contribution in [2.24, 2.45) is 46.3 Å². The topological polar surface area (TPSA) is 126 Å². The Morgan fingerprint density at radius 2 is 1.60 bits per heavy atom. The van der Waals surface area contributed by atoms with Gasteiger partial charge in [0, 0.05) is 16.9 Å². The minimum atomic E-state index is -2.69. The van der Waals surface area contributed by atoms with Crippen LogP contribution in [0.1, 0.15) is 146 Å². The van der Waals surface area contributed by atoms with E-state index >= 15 is 0 Å². The van der Waals surface area contributed by atoms with Gasteiger partial charge in [0.2, 0.25) is 0 Å². The summed E-state index contributed by atoms with van der Waals surface area (Å²) in [7, 11) is 0. The number of rotatable bonds is 8. The van der Waals surface area contributed by atoms with Gasteiger partial charge in [0.25, 0.3) is 0 Å². The van der Waals surface area contributed by atoms with Crippen molar-refractivity contribution in [1.29, 1.82) is 0 Å². The van der Waals surface area contributed by atoms with Crippen LogP contribution in [-0.4, -0.2) is 44.7 Å². The number of hydrogen-bond acceptors (Lipinski definition) is 7. The Balaban J connectivity index is 1.37. The first-order valence-electron chi connectivity index (χ1n) is 19.1. The number of carbonyl (C=O) groups excluding carboxylic acids is 5. The fourth-order valence-electron chi connectivity index (χ4n) is 11.4. The zero-order chi connectivity index (χ0) is 36.7. The van der Waals surface area contributed by atoms with E-state index in [0.29, 0.717) is 23.5 Å². The molecule has 7 nitrogen and oxygen atoms in total. The van der Waals surface area contributed by atoms with Crippen molar-refractivity contribution in [2.45, 2.75) is 131 Å². The number of hydrogen-bond donors (Lipinski definition) is 2. The average Bonchev–Trinajstić information content (AvgIpc) is 3.47. The van der Waals surface area contributed by atoms with Crippen molar-refractivity contribution >= 4 is 34.5 Å². The van der Waals surface area contributed by atoms with Gasteiger partial charge in [-0.05, 0) is 97.3 Å². The Hall–Kier alpha value is -3.19. The summed E-state index contributed by atoms with van der Waals surface area (Å²) < 4.78 is 0. The Bertz CT molecular complexity index is 1720. The summed E-state index contributed by atoms with van der Waals surface area (Å²) in [6.45, 7) is 14.5. The van der Waals surface area contributed by atoms with Crippen molar-refractivity contribution in [2.75, 3.05) is 0 Å². The highest BCUT2D eigenvalue weighted by atomic mass is 16.3. The number of phenolic OH excluding ortho intramolecular Hbond substituents is 1. The van der Waals surface area contributed by atoms with Gasteiger partial charge >= 0.3 is 0 Å². The Morgan fingerprint density at radius 1 is 0.960 bits per heavy atom. The lowest BCUT2D eigenvalue weighted by molar-refractivity contribution is -0.205. The highest BCUT2D eigenvalue weighted by molar-refractivity contribution is 6.32. The van der Waals surface area contributed by atoms with Crippen LogP contribution < -0.4 is 0 Å². The van der Waals surface area contributed by atoms with Crippen LogP contribution in [0.4, 0.5) is 0 Å². The number of benzene rings is 1. The third kappa shape index (κ3) is 5.35. The number of Topliss-reactive ketones (excluding diaryl/α,β-unsaturated/α-hetero) is 5. The second kappa shape index (κ2) is 12.8. The summed E-state index contributed by atoms with van der Waals surface area (Å²) in [6.07, 6.45) is 13.9. The summed E-state index contributed by atoms with van der Waals surface area (Å²) >= 11 is 0. The van der Waals surface area contributed by atoms with E-state index in [1.807, 2.05) is 19.1 Å². The lowest BCUT2D eigenvalue weighted by Gasteiger charge is -2.62. The van der Waals surface area contributed by atoms with Gasteiger partial charge in [-0.15, -0.1) is 0 Å². The molecule has 3 fully saturated rings. The number of allylic oxidation sites excluding steroid dienone is 4. The number of aliphatic hydroxyl groups is 1. The molecule has 2 N–H and O–H groups in total. The predicted molar refractivity (Wildman–Crippen MR) is 193 cm³/mol. The van der Waals surface area contributed by atoms with Crippen LogP contribution in [0.15, 0.2) is 23.8 Å². The number of carbonyl (C=O) groups is 5. The SMILES string of the molecule is CCCC1CCC(CC2=CC=C(c3cc(C(C)C)c4c(c3O)C(=O)C3C(=O)[C@@]5(O)C(=O)C(C(C)=O)C(=O)C(C(C)C)[C@@]5(C)C[C@@]3(C)C4)C2)CC1. The van der Waals surface area contributed by atoms with Crippen LogP contribution >= 0.6 is 0 Å². The molecule has 5 aliphatic rings. The normalized spacial score (nSPS) is 35.5. The predicted octanol–water partition coefficient (Wildman–Crippen LogP) is 7.93. The molecule has 6 rings (SSSR count). The van der Waals surface area contributed by atoms with Crippen LogP contribution in [0.2, 0.25) is 0 Å². The summed E-state index contributed by atoms with van der Waals surface area (Å²) in [5, 5.41) is 24.3. The van der Waals surface area contributed by atoms with E-state index in [4.69, 9.17) is 0 Å². The van der Waals surface area contributed by atoms with Crippen LogP contribution in [0.3, 0.4) is 0 Å². The van der Waals surface area contributed by atoms with Crippen molar-refractivity contribution in [3.63, 3.8) is 0 Å². The van der Waals surface area contributed by atoms with E-state index in [2.05, 4.69) is 26.8 Å². The van der Waals surface area contributed by atoms with Gasteiger partial charge in [0.05, 0.1) is 11.5 Å². The molecule has 0 heterocycles. The van der Waals surface area contributed by atoms with E-state index in [9.17, 15) is 34.2 Å². The highest BCUT2D eigenvalue weighted by Crippen LogP contribution is 2.64. The highest BCUT2D eigenvalue weighted by Gasteiger charge is 2.76. The molecule has 0 spiro atoms. The Morgan fingerprint density at radius 3 is 2.18 bits per heavy atom. The fraction of sp³-hybridized carbons (Fsp3) is 0.651. The van der Waals surface area contributed by atoms with Gasteiger partial charge in [-0.2, -0.15) is 0 Å². The Labute approximate surface area is 297 Å². The molecule has 0 amide bonds. The second-order valence-electron chi connectivity index (χ2n) is 17.8. The van der Waals surface area contributed by atoms with Crippen LogP contribution in [0.5, 0.6) is 5.75 Å². The summed E-state index contributed by atoms with van der Waals surface area (Å²) in [5.41, 5.74) is -0.675. The molecule has 3 saturated carbocycles. The summed E-state index contributed by atoms with van der Waals surface area (Å²) in [4.78, 5) is 70.0. The quantitative estimate of drug-likeness (QED) is 0.267. The first-order valence-corrected chi connectivity index (χ1v) is 19.1. The maximum Gasteiger partial charge on any atom is 0.190 e. The maximum atomic E-state index is 14.8. The summed E-state index contributed by atoms with van der Waals surface area (Å²) in [6, 6.07) is 2.01. The molecule has 1 aromatic carbocycles. The fourth-order valence-corrected chi connectivity index (χ4v) is 11.4. The minimum Gasteiger partial charge on any atom is -0.507 e. The number of ketones is 5. The van der Waals surface area contributed by atoms with Gasteiger partial charge in [-0.25, -0.2) is 0 Å². The number of phenols is 1. The van der Waals surface area contributed by atoms with Crippen molar-refractivity contribution < 1.29 is 34.2 Å². The largest absolute Gasteiger partial charge is 0.507 e. The molecular weight excluding hydrogens is 628 g/mol. The molecule has 3 unspecified atom stereocenters. The van der Waals surface area contributed by atoms with E-state index in [-0.39, 0.29) is 36.0 Å². The standard InChI is InChI=1S/C43H56O7/c1-9-10-25-11-13-26(14-12-25)17-27-15-16-28(18-27)30-19-29(22(2)3)31-20-41(7)21-42(8)34(23(4)5)37(46)32(24(6)44)39(48)43(42,50)40(49)35(41)38(47)33(31)36(30)45/h15-16,19,22-23,25-26,32,34-35,45,50H,9-14,17-18,20-21H2,1-8H3/t25?,26?,32?,34?,35?,41-,42-,43+/m1/s1. The number of fused-ring (bicyclic) bond motifs is 3. The van der Waals surface area contributed by atoms with Gasteiger partial charge < -0.3 is 10.2 Å². The smallest absolute Gasteiger partial charge is 0.190 e. The number of aromatic hydroxyl groups is 1. The van der Waals surface area contributed by atoms with Gasteiger partial charge in [-0.3, -0.25) is 24.0 Å². The van der Waals surface area contributed by atoms with Crippen molar-refractivity contribution in [1.82, 2.24) is 0 Å². The zero-order valence-electron chi connectivity index (χ0n) is 31.3. The lowest BCUT2D eigenvalue weighted by atomic mass is 9.39. The van der Waals surface area contributed by atoms with Gasteiger partial charge in [0.1, 0.15) is 17.5 Å². The molecule has 50 heavy (non-hydrogen) atoms. The molecule has 0 radical (unpaired) electrons. The van der Waals surface area contributed by atoms with Crippen LogP contribution in [-0.2, 0) is 25.6 Å². The molecule has 1 aromatic rings. The van der Waals surface area contributed by atoms with E-state index in [1.54, 1.807) is 20.8 Å². The Kier molecular flexibility index (Phi) is 9.36. The average molecular weight is 685 g/mol. The van der Waals surface area contributed by atoms with Gasteiger partial charge in [-0.1, -0.05) is 91.9 Å². The zero-order valence-corrected chi connectivity index (χ0v) is 31.3. The summed E-state index contributed by atoms with van der Waals surface area (Å²) in [5.74, 6) is -7.07. The third-order valence-corrected chi connectivity index (χ3v) is 13.5. The molecular formula is C43H56O7.